The van der Waals surface area contributed by atoms with E-state index in [4.69, 9.17) is 0 Å². The molecule has 82 valence electrons. The maximum absolute atomic E-state index is 10.6. The van der Waals surface area contributed by atoms with Crippen LogP contribution in [0.5, 0.6) is 0 Å². The van der Waals surface area contributed by atoms with Gasteiger partial charge in [0, 0.05) is 5.92 Å². The molecule has 0 aliphatic rings. The van der Waals surface area contributed by atoms with E-state index in [0.29, 0.717) is 5.92 Å². The molecule has 0 aromatic heterocycles. The molecule has 0 N–H and O–H groups in total. The van der Waals surface area contributed by atoms with E-state index in [0.717, 1.165) is 12.7 Å². The van der Waals surface area contributed by atoms with Crippen molar-refractivity contribution in [2.24, 2.45) is 5.92 Å². The van der Waals surface area contributed by atoms with Crippen LogP contribution in [0.4, 0.5) is 0 Å². The summed E-state index contributed by atoms with van der Waals surface area (Å²) in [7, 11) is 0. The lowest BCUT2D eigenvalue weighted by molar-refractivity contribution is -0.110. The van der Waals surface area contributed by atoms with Crippen molar-refractivity contribution in [1.82, 2.24) is 0 Å². The van der Waals surface area contributed by atoms with Gasteiger partial charge in [-0.3, -0.25) is 0 Å². The minimum absolute atomic E-state index is 0.119. The summed E-state index contributed by atoms with van der Waals surface area (Å²) in [5, 5.41) is 0. The number of benzene rings is 1. The topological polar surface area (TPSA) is 17.1 Å². The van der Waals surface area contributed by atoms with Crippen molar-refractivity contribution in [2.75, 3.05) is 0 Å². The van der Waals surface area contributed by atoms with Gasteiger partial charge in [-0.15, -0.1) is 0 Å². The second-order valence-corrected chi connectivity index (χ2v) is 4.66. The van der Waals surface area contributed by atoms with Gasteiger partial charge >= 0.3 is 0 Å². The van der Waals surface area contributed by atoms with Crippen LogP contribution in [0.15, 0.2) is 18.2 Å². The van der Waals surface area contributed by atoms with Gasteiger partial charge in [-0.2, -0.15) is 0 Å². The van der Waals surface area contributed by atoms with Crippen molar-refractivity contribution in [3.63, 3.8) is 0 Å². The smallest absolute Gasteiger partial charge is 0.123 e. The lowest BCUT2D eigenvalue weighted by atomic mass is 9.94. The summed E-state index contributed by atoms with van der Waals surface area (Å²) in [6.07, 6.45) is 1.88. The predicted molar refractivity (Wildman–Crippen MR) is 64.2 cm³/mol. The lowest BCUT2D eigenvalue weighted by Gasteiger charge is -2.11. The molecule has 0 amide bonds. The fourth-order valence-corrected chi connectivity index (χ4v) is 1.70. The van der Waals surface area contributed by atoms with Crippen LogP contribution in [0.25, 0.3) is 0 Å². The minimum atomic E-state index is 0.119. The number of carbonyl (C=O) groups is 1. The highest BCUT2D eigenvalue weighted by Gasteiger charge is 2.06. The predicted octanol–water partition coefficient (Wildman–Crippen LogP) is 3.50. The largest absolute Gasteiger partial charge is 0.303 e. The fraction of sp³-hybridized carbons (Fsp3) is 0.500. The van der Waals surface area contributed by atoms with Crippen molar-refractivity contribution in [2.45, 2.75) is 40.0 Å². The average Bonchev–Trinajstić information content (AvgIpc) is 2.20. The minimum Gasteiger partial charge on any atom is -0.303 e. The molecule has 1 unspecified atom stereocenters. The molecule has 1 nitrogen and oxygen atoms in total. The fourth-order valence-electron chi connectivity index (χ4n) is 1.70. The SMILES string of the molecule is Cc1cc(C(C)C)ccc1CC(C)C=O. The highest BCUT2D eigenvalue weighted by molar-refractivity contribution is 5.54. The zero-order valence-corrected chi connectivity index (χ0v) is 10.1. The molecule has 0 aliphatic heterocycles. The van der Waals surface area contributed by atoms with Crippen molar-refractivity contribution >= 4 is 6.29 Å². The molecular formula is C14H20O. The van der Waals surface area contributed by atoms with Crippen LogP contribution in [0.3, 0.4) is 0 Å². The second-order valence-electron chi connectivity index (χ2n) is 4.66. The van der Waals surface area contributed by atoms with Gasteiger partial charge in [-0.1, -0.05) is 39.0 Å². The van der Waals surface area contributed by atoms with Crippen molar-refractivity contribution in [3.8, 4) is 0 Å². The van der Waals surface area contributed by atoms with Crippen LogP contribution < -0.4 is 0 Å². The van der Waals surface area contributed by atoms with Gasteiger partial charge in [0.05, 0.1) is 0 Å². The van der Waals surface area contributed by atoms with Gasteiger partial charge in [0.1, 0.15) is 6.29 Å². The van der Waals surface area contributed by atoms with Crippen molar-refractivity contribution in [3.05, 3.63) is 34.9 Å². The van der Waals surface area contributed by atoms with Gasteiger partial charge in [0.15, 0.2) is 0 Å². The Hall–Kier alpha value is -1.11. The van der Waals surface area contributed by atoms with Crippen LogP contribution in [-0.2, 0) is 11.2 Å². The first kappa shape index (κ1) is 12.0. The second kappa shape index (κ2) is 5.11. The van der Waals surface area contributed by atoms with Crippen molar-refractivity contribution in [1.29, 1.82) is 0 Å². The molecule has 1 atom stereocenters. The van der Waals surface area contributed by atoms with E-state index >= 15 is 0 Å². The molecule has 1 aromatic carbocycles. The quantitative estimate of drug-likeness (QED) is 0.686. The zero-order chi connectivity index (χ0) is 11.4. The van der Waals surface area contributed by atoms with Gasteiger partial charge in [-0.05, 0) is 36.0 Å². The van der Waals surface area contributed by atoms with Gasteiger partial charge in [-0.25, -0.2) is 0 Å². The summed E-state index contributed by atoms with van der Waals surface area (Å²) in [5.74, 6) is 0.690. The molecule has 0 saturated carbocycles. The first-order valence-corrected chi connectivity index (χ1v) is 5.59. The summed E-state index contributed by atoms with van der Waals surface area (Å²) >= 11 is 0. The Morgan fingerprint density at radius 3 is 2.40 bits per heavy atom. The van der Waals surface area contributed by atoms with Crippen LogP contribution in [0, 0.1) is 12.8 Å². The third kappa shape index (κ3) is 3.19. The third-order valence-electron chi connectivity index (χ3n) is 2.81. The highest BCUT2D eigenvalue weighted by atomic mass is 16.1. The van der Waals surface area contributed by atoms with E-state index in [-0.39, 0.29) is 5.92 Å². The molecule has 15 heavy (non-hydrogen) atoms. The summed E-state index contributed by atoms with van der Waals surface area (Å²) in [4.78, 5) is 10.6. The Balaban J connectivity index is 2.88. The average molecular weight is 204 g/mol. The Morgan fingerprint density at radius 2 is 1.93 bits per heavy atom. The van der Waals surface area contributed by atoms with E-state index < -0.39 is 0 Å². The maximum atomic E-state index is 10.6. The summed E-state index contributed by atoms with van der Waals surface area (Å²) in [6.45, 7) is 8.48. The summed E-state index contributed by atoms with van der Waals surface area (Å²) in [5.41, 5.74) is 3.96. The number of carbonyl (C=O) groups excluding carboxylic acids is 1. The standard InChI is InChI=1S/C14H20O/c1-10(2)13-5-6-14(12(4)8-13)7-11(3)9-15/h5-6,8-11H,7H2,1-4H3. The molecule has 0 fully saturated rings. The first-order valence-electron chi connectivity index (χ1n) is 5.59. The number of aryl methyl sites for hydroxylation is 1. The summed E-state index contributed by atoms with van der Waals surface area (Å²) in [6, 6.07) is 6.56. The number of hydrogen-bond acceptors (Lipinski definition) is 1. The van der Waals surface area contributed by atoms with E-state index in [2.05, 4.69) is 39.0 Å². The van der Waals surface area contributed by atoms with Gasteiger partial charge < -0.3 is 4.79 Å². The van der Waals surface area contributed by atoms with Gasteiger partial charge in [0.25, 0.3) is 0 Å². The monoisotopic (exact) mass is 204 g/mol. The normalized spacial score (nSPS) is 12.9. The number of rotatable bonds is 4. The molecule has 0 spiro atoms. The maximum Gasteiger partial charge on any atom is 0.123 e. The Labute approximate surface area is 92.5 Å². The Kier molecular flexibility index (Phi) is 4.07. The Bertz CT molecular complexity index is 339. The molecule has 0 radical (unpaired) electrons. The van der Waals surface area contributed by atoms with E-state index in [9.17, 15) is 4.79 Å². The number of aldehydes is 1. The molecule has 0 aliphatic carbocycles. The molecule has 1 rings (SSSR count). The van der Waals surface area contributed by atoms with Crippen LogP contribution >= 0.6 is 0 Å². The molecule has 0 bridgehead atoms. The van der Waals surface area contributed by atoms with E-state index in [1.54, 1.807) is 0 Å². The molecule has 1 aromatic rings. The number of hydrogen-bond donors (Lipinski definition) is 0. The van der Waals surface area contributed by atoms with Crippen molar-refractivity contribution < 1.29 is 4.79 Å². The highest BCUT2D eigenvalue weighted by Crippen LogP contribution is 2.20. The van der Waals surface area contributed by atoms with Crippen LogP contribution in [-0.4, -0.2) is 6.29 Å². The zero-order valence-electron chi connectivity index (χ0n) is 10.1. The first-order chi connectivity index (χ1) is 7.04. The lowest BCUT2D eigenvalue weighted by Crippen LogP contribution is -2.03. The molecule has 0 saturated heterocycles. The molecule has 0 heterocycles. The molecule has 1 heteroatoms. The summed E-state index contributed by atoms with van der Waals surface area (Å²) < 4.78 is 0. The third-order valence-corrected chi connectivity index (χ3v) is 2.81. The van der Waals surface area contributed by atoms with E-state index in [1.165, 1.54) is 16.7 Å². The van der Waals surface area contributed by atoms with Crippen LogP contribution in [0.2, 0.25) is 0 Å². The van der Waals surface area contributed by atoms with Gasteiger partial charge in [0.2, 0.25) is 0 Å². The van der Waals surface area contributed by atoms with E-state index in [1.807, 2.05) is 6.92 Å². The Morgan fingerprint density at radius 1 is 1.27 bits per heavy atom. The van der Waals surface area contributed by atoms with Crippen LogP contribution in [0.1, 0.15) is 43.4 Å². The molecular weight excluding hydrogens is 184 g/mol.